The summed E-state index contributed by atoms with van der Waals surface area (Å²) in [5.74, 6) is 0. The van der Waals surface area contributed by atoms with Gasteiger partial charge in [-0.05, 0) is 18.6 Å². The van der Waals surface area contributed by atoms with Crippen LogP contribution in [0.15, 0.2) is 29.2 Å². The zero-order valence-corrected chi connectivity index (χ0v) is 10.2. The lowest BCUT2D eigenvalue weighted by atomic mass is 10.3. The molecule has 1 unspecified atom stereocenters. The van der Waals surface area contributed by atoms with E-state index in [0.29, 0.717) is 19.6 Å². The van der Waals surface area contributed by atoms with Gasteiger partial charge in [0.25, 0.3) is 5.69 Å². The first-order valence-electron chi connectivity index (χ1n) is 5.33. The van der Waals surface area contributed by atoms with Crippen LogP contribution >= 0.6 is 0 Å². The lowest BCUT2D eigenvalue weighted by Crippen LogP contribution is -2.34. The van der Waals surface area contributed by atoms with Crippen molar-refractivity contribution >= 4 is 15.7 Å². The molecule has 0 saturated carbocycles. The third kappa shape index (κ3) is 2.84. The van der Waals surface area contributed by atoms with Crippen LogP contribution in [0.25, 0.3) is 0 Å². The summed E-state index contributed by atoms with van der Waals surface area (Å²) in [6.45, 7) is 0.889. The van der Waals surface area contributed by atoms with Crippen LogP contribution in [-0.2, 0) is 14.8 Å². The highest BCUT2D eigenvalue weighted by molar-refractivity contribution is 7.89. The summed E-state index contributed by atoms with van der Waals surface area (Å²) in [7, 11) is -3.64. The highest BCUT2D eigenvalue weighted by Gasteiger charge is 2.23. The van der Waals surface area contributed by atoms with Crippen LogP contribution in [0.4, 0.5) is 5.69 Å². The molecule has 0 aromatic heterocycles. The summed E-state index contributed by atoms with van der Waals surface area (Å²) in [4.78, 5) is 9.90. The molecule has 1 atom stereocenters. The molecule has 18 heavy (non-hydrogen) atoms. The molecule has 0 amide bonds. The van der Waals surface area contributed by atoms with Crippen LogP contribution in [0, 0.1) is 10.1 Å². The maximum atomic E-state index is 11.9. The van der Waals surface area contributed by atoms with E-state index in [1.165, 1.54) is 24.3 Å². The number of rotatable bonds is 4. The molecule has 1 fully saturated rings. The van der Waals surface area contributed by atoms with Crippen LogP contribution in [0.3, 0.4) is 0 Å². The van der Waals surface area contributed by atoms with Crippen molar-refractivity contribution in [1.82, 2.24) is 4.72 Å². The van der Waals surface area contributed by atoms with Crippen molar-refractivity contribution in [2.24, 2.45) is 0 Å². The maximum Gasteiger partial charge on any atom is 0.269 e. The Hall–Kier alpha value is -1.51. The van der Waals surface area contributed by atoms with Crippen molar-refractivity contribution in [3.05, 3.63) is 34.4 Å². The Balaban J connectivity index is 2.16. The first-order valence-corrected chi connectivity index (χ1v) is 6.82. The maximum absolute atomic E-state index is 11.9. The summed E-state index contributed by atoms with van der Waals surface area (Å²) < 4.78 is 31.4. The highest BCUT2D eigenvalue weighted by atomic mass is 32.2. The highest BCUT2D eigenvalue weighted by Crippen LogP contribution is 2.17. The monoisotopic (exact) mass is 272 g/mol. The number of sulfonamides is 1. The normalized spacial score (nSPS) is 19.9. The van der Waals surface area contributed by atoms with Gasteiger partial charge in [0.15, 0.2) is 0 Å². The van der Waals surface area contributed by atoms with Crippen molar-refractivity contribution in [2.75, 3.05) is 13.2 Å². The van der Waals surface area contributed by atoms with Crippen molar-refractivity contribution in [3.63, 3.8) is 0 Å². The van der Waals surface area contributed by atoms with E-state index >= 15 is 0 Å². The molecule has 0 radical (unpaired) electrons. The van der Waals surface area contributed by atoms with Crippen molar-refractivity contribution in [2.45, 2.75) is 17.4 Å². The second-order valence-corrected chi connectivity index (χ2v) is 5.65. The third-order valence-corrected chi connectivity index (χ3v) is 4.15. The second-order valence-electron chi connectivity index (χ2n) is 3.93. The summed E-state index contributed by atoms with van der Waals surface area (Å²) in [5, 5.41) is 10.5. The van der Waals surface area contributed by atoms with Crippen molar-refractivity contribution < 1.29 is 18.1 Å². The standard InChI is InChI=1S/C10H12N2O5S/c13-12(14)9-1-3-10(4-2-9)18(15,16)11-8-5-6-17-7-8/h1-4,8,11H,5-7H2. The van der Waals surface area contributed by atoms with Gasteiger partial charge in [0.05, 0.1) is 16.4 Å². The van der Waals surface area contributed by atoms with E-state index in [1.807, 2.05) is 0 Å². The first-order chi connectivity index (χ1) is 8.49. The third-order valence-electron chi connectivity index (χ3n) is 2.61. The van der Waals surface area contributed by atoms with Gasteiger partial charge in [-0.25, -0.2) is 13.1 Å². The lowest BCUT2D eigenvalue weighted by molar-refractivity contribution is -0.384. The summed E-state index contributed by atoms with van der Waals surface area (Å²) in [6, 6.07) is 4.54. The van der Waals surface area contributed by atoms with E-state index in [0.717, 1.165) is 0 Å². The van der Waals surface area contributed by atoms with E-state index in [4.69, 9.17) is 4.74 Å². The quantitative estimate of drug-likeness (QED) is 0.641. The number of non-ortho nitro benzene ring substituents is 1. The molecule has 2 rings (SSSR count). The number of nitro groups is 1. The Morgan fingerprint density at radius 2 is 2.00 bits per heavy atom. The summed E-state index contributed by atoms with van der Waals surface area (Å²) in [6.07, 6.45) is 0.631. The Bertz CT molecular complexity index is 534. The number of nitrogens with zero attached hydrogens (tertiary/aromatic N) is 1. The molecule has 8 heteroatoms. The van der Waals surface area contributed by atoms with E-state index in [-0.39, 0.29) is 16.6 Å². The van der Waals surface area contributed by atoms with E-state index in [2.05, 4.69) is 4.72 Å². The van der Waals surface area contributed by atoms with E-state index in [9.17, 15) is 18.5 Å². The topological polar surface area (TPSA) is 98.5 Å². The molecule has 1 N–H and O–H groups in total. The summed E-state index contributed by atoms with van der Waals surface area (Å²) >= 11 is 0. The fourth-order valence-corrected chi connectivity index (χ4v) is 2.92. The van der Waals surface area contributed by atoms with Gasteiger partial charge in [-0.2, -0.15) is 0 Å². The van der Waals surface area contributed by atoms with E-state index < -0.39 is 14.9 Å². The van der Waals surface area contributed by atoms with Crippen molar-refractivity contribution in [3.8, 4) is 0 Å². The minimum absolute atomic E-state index is 0.0139. The van der Waals surface area contributed by atoms with Crippen LogP contribution in [0.2, 0.25) is 0 Å². The smallest absolute Gasteiger partial charge is 0.269 e. The molecule has 0 bridgehead atoms. The molecule has 1 aliphatic heterocycles. The lowest BCUT2D eigenvalue weighted by Gasteiger charge is -2.11. The van der Waals surface area contributed by atoms with Crippen LogP contribution < -0.4 is 4.72 Å². The minimum atomic E-state index is -3.64. The molecule has 1 saturated heterocycles. The molecule has 0 spiro atoms. The van der Waals surface area contributed by atoms with E-state index in [1.54, 1.807) is 0 Å². The Morgan fingerprint density at radius 1 is 1.33 bits per heavy atom. The molecular formula is C10H12N2O5S. The van der Waals surface area contributed by atoms with Gasteiger partial charge in [0.1, 0.15) is 0 Å². The number of nitrogens with one attached hydrogen (secondary N) is 1. The fraction of sp³-hybridized carbons (Fsp3) is 0.400. The second kappa shape index (κ2) is 5.01. The Kier molecular flexibility index (Phi) is 3.60. The zero-order chi connectivity index (χ0) is 13.2. The molecular weight excluding hydrogens is 260 g/mol. The Morgan fingerprint density at radius 3 is 2.50 bits per heavy atom. The fourth-order valence-electron chi connectivity index (χ4n) is 1.66. The Labute approximate surface area is 104 Å². The van der Waals surface area contributed by atoms with Gasteiger partial charge in [-0.3, -0.25) is 10.1 Å². The average molecular weight is 272 g/mol. The number of hydrogen-bond acceptors (Lipinski definition) is 5. The zero-order valence-electron chi connectivity index (χ0n) is 9.40. The van der Waals surface area contributed by atoms with Gasteiger partial charge in [-0.1, -0.05) is 0 Å². The van der Waals surface area contributed by atoms with Crippen LogP contribution in [0.1, 0.15) is 6.42 Å². The molecule has 1 aromatic carbocycles. The molecule has 1 heterocycles. The van der Waals surface area contributed by atoms with Crippen molar-refractivity contribution in [1.29, 1.82) is 0 Å². The van der Waals surface area contributed by atoms with Crippen LogP contribution in [0.5, 0.6) is 0 Å². The SMILES string of the molecule is O=[N+]([O-])c1ccc(S(=O)(=O)NC2CCOC2)cc1. The predicted octanol–water partition coefficient (Wildman–Crippen LogP) is 0.662. The molecule has 1 aromatic rings. The van der Waals surface area contributed by atoms with Gasteiger partial charge >= 0.3 is 0 Å². The van der Waals surface area contributed by atoms with Crippen LogP contribution in [-0.4, -0.2) is 32.6 Å². The average Bonchev–Trinajstić information content (AvgIpc) is 2.81. The largest absolute Gasteiger partial charge is 0.380 e. The first kappa shape index (κ1) is 12.9. The van der Waals surface area contributed by atoms with Gasteiger partial charge in [-0.15, -0.1) is 0 Å². The number of ether oxygens (including phenoxy) is 1. The molecule has 7 nitrogen and oxygen atoms in total. The molecule has 0 aliphatic carbocycles. The van der Waals surface area contributed by atoms with Gasteiger partial charge in [0, 0.05) is 24.8 Å². The van der Waals surface area contributed by atoms with Gasteiger partial charge in [0.2, 0.25) is 10.0 Å². The summed E-state index contributed by atoms with van der Waals surface area (Å²) in [5.41, 5.74) is -0.141. The molecule has 1 aliphatic rings. The predicted molar refractivity (Wildman–Crippen MR) is 62.6 cm³/mol. The van der Waals surface area contributed by atoms with Gasteiger partial charge < -0.3 is 4.74 Å². The number of nitro benzene ring substituents is 1. The number of hydrogen-bond donors (Lipinski definition) is 1. The molecule has 98 valence electrons. The number of benzene rings is 1. The minimum Gasteiger partial charge on any atom is -0.380 e.